The monoisotopic (exact) mass is 1030 g/mol. The predicted octanol–water partition coefficient (Wildman–Crippen LogP) is 4.37. The molecule has 3 N–H and O–H groups in total. The van der Waals surface area contributed by atoms with Gasteiger partial charge in [0.1, 0.15) is 60.4 Å². The maximum absolute atomic E-state index is 14.2. The number of halogens is 3. The number of carbonyl (C=O) groups is 4. The summed E-state index contributed by atoms with van der Waals surface area (Å²) in [6.07, 6.45) is -6.44. The second-order valence-corrected chi connectivity index (χ2v) is 20.4. The van der Waals surface area contributed by atoms with Gasteiger partial charge in [0.05, 0.1) is 11.4 Å². The third-order valence-electron chi connectivity index (χ3n) is 10.4. The predicted molar refractivity (Wildman–Crippen MR) is 234 cm³/mol. The number of nitrogens with one attached hydrogen (secondary N) is 1. The quantitative estimate of drug-likeness (QED) is 0.0386. The number of carbonyl (C=O) groups excluding carboxylic acids is 4. The molecule has 0 unspecified atom stereocenters. The fourth-order valence-corrected chi connectivity index (χ4v) is 11.5. The fourth-order valence-electron chi connectivity index (χ4n) is 7.05. The number of sulfone groups is 1. The number of fused-ring (bicyclic) bond motifs is 1. The number of hydrogen-bond donors (Lipinski definition) is 3. The summed E-state index contributed by atoms with van der Waals surface area (Å²) in [6, 6.07) is 8.63. The first-order valence-electron chi connectivity index (χ1n) is 20.3. The largest absolute Gasteiger partial charge is 0.461 e. The molecule has 69 heavy (non-hydrogen) atoms. The van der Waals surface area contributed by atoms with Crippen LogP contribution in [-0.4, -0.2) is 131 Å². The van der Waals surface area contributed by atoms with E-state index in [2.05, 4.69) is 20.3 Å². The van der Waals surface area contributed by atoms with Crippen molar-refractivity contribution in [3.63, 3.8) is 0 Å². The number of aromatic nitrogens is 4. The van der Waals surface area contributed by atoms with Gasteiger partial charge in [-0.15, -0.1) is 0 Å². The van der Waals surface area contributed by atoms with Gasteiger partial charge in [-0.1, -0.05) is 23.7 Å². The van der Waals surface area contributed by atoms with E-state index in [0.717, 1.165) is 9.80 Å². The SMILES string of the molecule is CC(=O)OCc1cccnc1N(C)C(=O)OCOP(=O)(CS(=O)(=O)C[C@H]1O[C@@H](n2ccc3c(NC4CC(F)(F)C4)c(C#N)c(Cl)nc32)[C@H](O)[C@@H]1O)OCOC(=O)N(C)c1ncccc1COC(C)=O. The van der Waals surface area contributed by atoms with Gasteiger partial charge in [0.2, 0.25) is 13.6 Å². The number of hydrogen-bond acceptors (Lipinski definition) is 21. The van der Waals surface area contributed by atoms with Gasteiger partial charge < -0.3 is 43.8 Å². The number of ether oxygens (including phenoxy) is 5. The van der Waals surface area contributed by atoms with Crippen LogP contribution in [0.25, 0.3) is 11.0 Å². The Bertz CT molecular complexity index is 2700. The summed E-state index contributed by atoms with van der Waals surface area (Å²) in [5.41, 5.74) is -1.05. The van der Waals surface area contributed by atoms with E-state index in [1.54, 1.807) is 0 Å². The Morgan fingerprint density at radius 1 is 0.942 bits per heavy atom. The normalized spacial score (nSPS) is 19.0. The van der Waals surface area contributed by atoms with E-state index in [9.17, 15) is 56.4 Å². The van der Waals surface area contributed by atoms with Gasteiger partial charge in [0.15, 0.2) is 26.7 Å². The molecule has 1 saturated heterocycles. The van der Waals surface area contributed by atoms with Crippen molar-refractivity contribution in [2.45, 2.75) is 76.4 Å². The van der Waals surface area contributed by atoms with Gasteiger partial charge in [-0.2, -0.15) is 5.26 Å². The molecule has 1 aliphatic heterocycles. The Hall–Kier alpha value is -6.11. The third kappa shape index (κ3) is 12.8. The van der Waals surface area contributed by atoms with Crippen molar-refractivity contribution in [3.8, 4) is 6.07 Å². The molecule has 2 amide bonds. The van der Waals surface area contributed by atoms with Crippen LogP contribution in [0.3, 0.4) is 0 Å². The molecule has 29 heteroatoms. The van der Waals surface area contributed by atoms with Crippen LogP contribution in [0, 0.1) is 11.3 Å². The molecule has 6 rings (SSSR count). The lowest BCUT2D eigenvalue weighted by atomic mass is 9.88. The van der Waals surface area contributed by atoms with Crippen LogP contribution in [0.2, 0.25) is 5.15 Å². The zero-order valence-corrected chi connectivity index (χ0v) is 39.4. The molecule has 5 heterocycles. The number of amides is 2. The number of aliphatic hydroxyl groups is 2. The molecule has 4 atom stereocenters. The minimum Gasteiger partial charge on any atom is -0.461 e. The molecule has 2 aliphatic rings. The van der Waals surface area contributed by atoms with Crippen LogP contribution in [0.15, 0.2) is 48.9 Å². The van der Waals surface area contributed by atoms with Crippen molar-refractivity contribution < 1.29 is 83.9 Å². The average molecular weight is 1030 g/mol. The summed E-state index contributed by atoms with van der Waals surface area (Å²) in [6.45, 7) is -0.646. The minimum absolute atomic E-state index is 0.0156. The highest BCUT2D eigenvalue weighted by Gasteiger charge is 2.48. The zero-order chi connectivity index (χ0) is 50.4. The molecule has 4 aromatic rings. The van der Waals surface area contributed by atoms with E-state index < -0.39 is 116 Å². The number of rotatable bonds is 19. The average Bonchev–Trinajstić information content (AvgIpc) is 3.81. The molecule has 372 valence electrons. The lowest BCUT2D eigenvalue weighted by Gasteiger charge is -2.36. The summed E-state index contributed by atoms with van der Waals surface area (Å²) in [4.78, 5) is 63.1. The van der Waals surface area contributed by atoms with Crippen LogP contribution in [0.4, 0.5) is 35.7 Å². The smallest absolute Gasteiger partial charge is 0.417 e. The van der Waals surface area contributed by atoms with Crippen molar-refractivity contribution in [2.24, 2.45) is 0 Å². The molecular formula is C40H44ClF2N8O16PS. The number of alkyl halides is 2. The van der Waals surface area contributed by atoms with E-state index in [0.29, 0.717) is 0 Å². The molecule has 2 fully saturated rings. The summed E-state index contributed by atoms with van der Waals surface area (Å²) in [7, 11) is -7.41. The number of anilines is 3. The van der Waals surface area contributed by atoms with E-state index >= 15 is 0 Å². The van der Waals surface area contributed by atoms with Crippen LogP contribution in [0.1, 0.15) is 49.6 Å². The van der Waals surface area contributed by atoms with Gasteiger partial charge in [0.25, 0.3) is 5.92 Å². The van der Waals surface area contributed by atoms with Crippen molar-refractivity contribution in [1.82, 2.24) is 19.5 Å². The first kappa shape index (κ1) is 52.3. The Balaban J connectivity index is 1.18. The first-order chi connectivity index (χ1) is 32.5. The molecule has 4 aromatic heterocycles. The van der Waals surface area contributed by atoms with Crippen LogP contribution < -0.4 is 15.1 Å². The van der Waals surface area contributed by atoms with Gasteiger partial charge >= 0.3 is 31.7 Å². The molecule has 1 saturated carbocycles. The second-order valence-electron chi connectivity index (χ2n) is 15.5. The Kier molecular flexibility index (Phi) is 16.4. The standard InChI is InChI=1S/C40H44ClF2N8O16PS/c1-22(52)61-16-24-7-5-10-45-34(24)49(3)38(56)63-19-65-68(58,66-20-64-39(57)50(4)35-25(8-6-11-46-35)17-62-23(2)53)21-69(59,60)18-29-31(54)32(55)37(67-29)51-12-9-27-30(47-26-13-40(42,43)14-26)28(15-44)33(41)48-36(27)51/h5-12,26,29,31-32,37,54-55H,13-14,16-21H2,1-4H3,(H,47,48)/t29-,31-,32-,37-/m1/s1. The zero-order valence-electron chi connectivity index (χ0n) is 36.9. The molecule has 0 bridgehead atoms. The van der Waals surface area contributed by atoms with E-state index in [-0.39, 0.29) is 63.4 Å². The van der Waals surface area contributed by atoms with Crippen LogP contribution >= 0.6 is 19.2 Å². The topological polar surface area (TPSA) is 310 Å². The highest BCUT2D eigenvalue weighted by Crippen LogP contribution is 2.50. The second kappa shape index (κ2) is 21.7. The van der Waals surface area contributed by atoms with Gasteiger partial charge in [-0.05, 0) is 18.2 Å². The highest BCUT2D eigenvalue weighted by atomic mass is 35.5. The van der Waals surface area contributed by atoms with E-state index in [1.807, 2.05) is 6.07 Å². The van der Waals surface area contributed by atoms with E-state index in [1.165, 1.54) is 81.4 Å². The van der Waals surface area contributed by atoms with Crippen molar-refractivity contribution in [1.29, 1.82) is 5.26 Å². The number of nitriles is 1. The molecule has 24 nitrogen and oxygen atoms in total. The Morgan fingerprint density at radius 2 is 1.48 bits per heavy atom. The first-order valence-corrected chi connectivity index (χ1v) is 24.2. The summed E-state index contributed by atoms with van der Waals surface area (Å²) in [5.74, 6) is -5.31. The number of aliphatic hydroxyl groups excluding tert-OH is 2. The maximum atomic E-state index is 14.2. The lowest BCUT2D eigenvalue weighted by molar-refractivity contribution is -0.143. The molecule has 1 aliphatic carbocycles. The maximum Gasteiger partial charge on any atom is 0.417 e. The number of esters is 2. The summed E-state index contributed by atoms with van der Waals surface area (Å²) >= 11 is 6.32. The molecule has 0 radical (unpaired) electrons. The van der Waals surface area contributed by atoms with Gasteiger partial charge in [0, 0.05) is 81.9 Å². The van der Waals surface area contributed by atoms with E-state index in [4.69, 9.17) is 44.3 Å². The number of nitrogens with zero attached hydrogens (tertiary/aromatic N) is 7. The molecule has 0 spiro atoms. The fraction of sp³-hybridized carbons (Fsp3) is 0.450. The molecular weight excluding hydrogens is 985 g/mol. The molecule has 0 aromatic carbocycles. The highest BCUT2D eigenvalue weighted by molar-refractivity contribution is 7.97. The van der Waals surface area contributed by atoms with Gasteiger partial charge in [-0.25, -0.2) is 41.7 Å². The third-order valence-corrected chi connectivity index (χ3v) is 15.3. The van der Waals surface area contributed by atoms with Crippen molar-refractivity contribution in [3.05, 3.63) is 70.8 Å². The van der Waals surface area contributed by atoms with Crippen LogP contribution in [0.5, 0.6) is 0 Å². The minimum atomic E-state index is -5.08. The lowest BCUT2D eigenvalue weighted by Crippen LogP contribution is -2.44. The summed E-state index contributed by atoms with van der Waals surface area (Å²) < 4.78 is 107. The number of pyridine rings is 3. The summed E-state index contributed by atoms with van der Waals surface area (Å²) in [5, 5.41) is 34.8. The Morgan fingerprint density at radius 3 is 1.97 bits per heavy atom. The van der Waals surface area contributed by atoms with Gasteiger partial charge in [-0.3, -0.25) is 33.0 Å². The Labute approximate surface area is 396 Å². The van der Waals surface area contributed by atoms with Crippen molar-refractivity contribution in [2.75, 3.05) is 54.0 Å². The van der Waals surface area contributed by atoms with Crippen LogP contribution in [-0.2, 0) is 69.9 Å². The van der Waals surface area contributed by atoms with Crippen molar-refractivity contribution >= 4 is 81.5 Å².